The maximum Gasteiger partial charge on any atom is 0.138 e. The Labute approximate surface area is 121 Å². The van der Waals surface area contributed by atoms with Gasteiger partial charge < -0.3 is 4.52 Å². The average molecular weight is 275 g/mol. The zero-order valence-corrected chi connectivity index (χ0v) is 12.6. The lowest BCUT2D eigenvalue weighted by Gasteiger charge is -2.32. The van der Waals surface area contributed by atoms with Gasteiger partial charge >= 0.3 is 0 Å². The third-order valence-corrected chi connectivity index (χ3v) is 5.35. The number of hydrogen-bond acceptors (Lipinski definition) is 4. The van der Waals surface area contributed by atoms with Gasteiger partial charge in [-0.15, -0.1) is 0 Å². The SMILES string of the molecule is Cc1noc(C)c1CN1CC2CC(C1)N(CC1CC1)C2. The summed E-state index contributed by atoms with van der Waals surface area (Å²) in [5, 5.41) is 4.09. The number of aryl methyl sites for hydroxylation is 2. The molecular weight excluding hydrogens is 250 g/mol. The molecule has 4 heteroatoms. The topological polar surface area (TPSA) is 32.5 Å². The first-order valence-corrected chi connectivity index (χ1v) is 8.07. The van der Waals surface area contributed by atoms with Gasteiger partial charge in [-0.05, 0) is 44.9 Å². The Morgan fingerprint density at radius 3 is 2.75 bits per heavy atom. The minimum absolute atomic E-state index is 0.801. The molecule has 1 aromatic rings. The van der Waals surface area contributed by atoms with E-state index in [2.05, 4.69) is 21.9 Å². The molecule has 3 heterocycles. The van der Waals surface area contributed by atoms with E-state index in [-0.39, 0.29) is 0 Å². The Kier molecular flexibility index (Phi) is 3.11. The van der Waals surface area contributed by atoms with Crippen LogP contribution in [0.2, 0.25) is 0 Å². The van der Waals surface area contributed by atoms with Crippen molar-refractivity contribution in [2.24, 2.45) is 11.8 Å². The lowest BCUT2D eigenvalue weighted by Crippen LogP contribution is -2.42. The summed E-state index contributed by atoms with van der Waals surface area (Å²) >= 11 is 0. The lowest BCUT2D eigenvalue weighted by atomic mass is 9.99. The first-order valence-electron chi connectivity index (χ1n) is 8.07. The summed E-state index contributed by atoms with van der Waals surface area (Å²) in [5.74, 6) is 2.90. The molecule has 0 amide bonds. The normalized spacial score (nSPS) is 31.1. The van der Waals surface area contributed by atoms with Gasteiger partial charge in [-0.1, -0.05) is 5.16 Å². The number of likely N-dealkylation sites (tertiary alicyclic amines) is 2. The van der Waals surface area contributed by atoms with Crippen LogP contribution in [-0.2, 0) is 6.54 Å². The van der Waals surface area contributed by atoms with Crippen molar-refractivity contribution in [2.45, 2.75) is 45.7 Å². The maximum atomic E-state index is 5.30. The van der Waals surface area contributed by atoms with Crippen LogP contribution in [0.15, 0.2) is 4.52 Å². The molecule has 0 N–H and O–H groups in total. The molecule has 110 valence electrons. The quantitative estimate of drug-likeness (QED) is 0.843. The minimum Gasteiger partial charge on any atom is -0.361 e. The molecule has 1 aliphatic carbocycles. The van der Waals surface area contributed by atoms with Gasteiger partial charge in [0, 0.05) is 44.3 Å². The van der Waals surface area contributed by atoms with Crippen LogP contribution in [0.5, 0.6) is 0 Å². The van der Waals surface area contributed by atoms with Gasteiger partial charge in [-0.3, -0.25) is 9.80 Å². The first-order chi connectivity index (χ1) is 9.69. The molecule has 3 fully saturated rings. The number of piperidine rings is 1. The second kappa shape index (κ2) is 4.85. The van der Waals surface area contributed by atoms with Crippen LogP contribution in [0.3, 0.4) is 0 Å². The number of hydrogen-bond donors (Lipinski definition) is 0. The standard InChI is InChI=1S/C16H25N3O/c1-11-16(12(2)20-17-11)10-18-6-14-5-15(9-18)19(8-14)7-13-3-4-13/h13-15H,3-10H2,1-2H3. The van der Waals surface area contributed by atoms with E-state index in [4.69, 9.17) is 4.52 Å². The van der Waals surface area contributed by atoms with Crippen LogP contribution in [-0.4, -0.2) is 47.2 Å². The van der Waals surface area contributed by atoms with E-state index < -0.39 is 0 Å². The Balaban J connectivity index is 1.41. The van der Waals surface area contributed by atoms with Crippen LogP contribution >= 0.6 is 0 Å². The van der Waals surface area contributed by atoms with Gasteiger partial charge in [0.1, 0.15) is 5.76 Å². The molecule has 1 saturated carbocycles. The Morgan fingerprint density at radius 1 is 1.20 bits per heavy atom. The highest BCUT2D eigenvalue weighted by atomic mass is 16.5. The van der Waals surface area contributed by atoms with Crippen LogP contribution in [0.4, 0.5) is 0 Å². The van der Waals surface area contributed by atoms with E-state index in [1.165, 1.54) is 51.0 Å². The Bertz CT molecular complexity index is 474. The zero-order valence-electron chi connectivity index (χ0n) is 12.6. The van der Waals surface area contributed by atoms with Gasteiger partial charge in [-0.25, -0.2) is 0 Å². The van der Waals surface area contributed by atoms with Crippen LogP contribution in [0.1, 0.15) is 36.3 Å². The Morgan fingerprint density at radius 2 is 2.05 bits per heavy atom. The summed E-state index contributed by atoms with van der Waals surface area (Å²) in [6.45, 7) is 10.3. The van der Waals surface area contributed by atoms with Gasteiger partial charge in [0.25, 0.3) is 0 Å². The largest absolute Gasteiger partial charge is 0.361 e. The number of aromatic nitrogens is 1. The van der Waals surface area contributed by atoms with Crippen LogP contribution in [0.25, 0.3) is 0 Å². The van der Waals surface area contributed by atoms with Gasteiger partial charge in [0.05, 0.1) is 5.69 Å². The second-order valence-corrected chi connectivity index (χ2v) is 7.15. The van der Waals surface area contributed by atoms with E-state index in [0.29, 0.717) is 0 Å². The van der Waals surface area contributed by atoms with Crippen molar-refractivity contribution in [3.8, 4) is 0 Å². The molecule has 2 aliphatic heterocycles. The van der Waals surface area contributed by atoms with Crippen LogP contribution < -0.4 is 0 Å². The summed E-state index contributed by atoms with van der Waals surface area (Å²) < 4.78 is 5.30. The lowest BCUT2D eigenvalue weighted by molar-refractivity contribution is 0.153. The molecule has 1 aromatic heterocycles. The Hall–Kier alpha value is -0.870. The third kappa shape index (κ3) is 2.40. The highest BCUT2D eigenvalue weighted by Gasteiger charge is 2.40. The van der Waals surface area contributed by atoms with Crippen molar-refractivity contribution in [3.63, 3.8) is 0 Å². The fraction of sp³-hybridized carbons (Fsp3) is 0.812. The fourth-order valence-corrected chi connectivity index (χ4v) is 4.09. The van der Waals surface area contributed by atoms with Crippen molar-refractivity contribution in [2.75, 3.05) is 26.2 Å². The second-order valence-electron chi connectivity index (χ2n) is 7.15. The number of rotatable bonds is 4. The van der Waals surface area contributed by atoms with Crippen molar-refractivity contribution in [1.29, 1.82) is 0 Å². The summed E-state index contributed by atoms with van der Waals surface area (Å²) in [6, 6.07) is 0.801. The minimum atomic E-state index is 0.801. The first kappa shape index (κ1) is 12.8. The summed E-state index contributed by atoms with van der Waals surface area (Å²) in [6.07, 6.45) is 4.36. The van der Waals surface area contributed by atoms with Gasteiger partial charge in [0.15, 0.2) is 0 Å². The van der Waals surface area contributed by atoms with Gasteiger partial charge in [0.2, 0.25) is 0 Å². The van der Waals surface area contributed by atoms with Crippen molar-refractivity contribution in [1.82, 2.24) is 15.0 Å². The van der Waals surface area contributed by atoms with E-state index in [1.54, 1.807) is 0 Å². The molecule has 0 spiro atoms. The predicted octanol–water partition coefficient (Wildman–Crippen LogP) is 2.21. The van der Waals surface area contributed by atoms with E-state index in [9.17, 15) is 0 Å². The molecule has 0 radical (unpaired) electrons. The fourth-order valence-electron chi connectivity index (χ4n) is 4.09. The molecule has 4 nitrogen and oxygen atoms in total. The van der Waals surface area contributed by atoms with E-state index in [1.807, 2.05) is 6.92 Å². The van der Waals surface area contributed by atoms with E-state index in [0.717, 1.165) is 35.9 Å². The highest BCUT2D eigenvalue weighted by molar-refractivity contribution is 5.20. The van der Waals surface area contributed by atoms with Crippen molar-refractivity contribution >= 4 is 0 Å². The summed E-state index contributed by atoms with van der Waals surface area (Å²) in [7, 11) is 0. The summed E-state index contributed by atoms with van der Waals surface area (Å²) in [5.41, 5.74) is 2.37. The monoisotopic (exact) mass is 275 g/mol. The number of fused-ring (bicyclic) bond motifs is 2. The maximum absolute atomic E-state index is 5.30. The van der Waals surface area contributed by atoms with Crippen molar-refractivity contribution in [3.05, 3.63) is 17.0 Å². The molecule has 2 bridgehead atoms. The predicted molar refractivity (Wildman–Crippen MR) is 77.4 cm³/mol. The van der Waals surface area contributed by atoms with Crippen molar-refractivity contribution < 1.29 is 4.52 Å². The molecule has 2 unspecified atom stereocenters. The zero-order chi connectivity index (χ0) is 13.7. The number of nitrogens with zero attached hydrogens (tertiary/aromatic N) is 3. The molecule has 2 atom stereocenters. The third-order valence-electron chi connectivity index (χ3n) is 5.35. The molecule has 0 aromatic carbocycles. The van der Waals surface area contributed by atoms with Crippen LogP contribution in [0, 0.1) is 25.7 Å². The molecular formula is C16H25N3O. The van der Waals surface area contributed by atoms with E-state index >= 15 is 0 Å². The van der Waals surface area contributed by atoms with Gasteiger partial charge in [-0.2, -0.15) is 0 Å². The smallest absolute Gasteiger partial charge is 0.138 e. The molecule has 3 aliphatic rings. The molecule has 4 rings (SSSR count). The summed E-state index contributed by atoms with van der Waals surface area (Å²) in [4.78, 5) is 5.40. The molecule has 2 saturated heterocycles. The molecule has 20 heavy (non-hydrogen) atoms. The highest BCUT2D eigenvalue weighted by Crippen LogP contribution is 2.36. The average Bonchev–Trinajstić information content (AvgIpc) is 3.13.